The number of ether oxygens (including phenoxy) is 1. The van der Waals surface area contributed by atoms with Gasteiger partial charge in [0.25, 0.3) is 15.9 Å². The summed E-state index contributed by atoms with van der Waals surface area (Å²) in [5.74, 6) is -0.289. The van der Waals surface area contributed by atoms with E-state index in [2.05, 4.69) is 5.32 Å². The normalized spacial score (nSPS) is 21.5. The van der Waals surface area contributed by atoms with Crippen LogP contribution in [0.4, 0.5) is 5.69 Å². The highest BCUT2D eigenvalue weighted by molar-refractivity contribution is 7.92. The van der Waals surface area contributed by atoms with E-state index >= 15 is 0 Å². The Morgan fingerprint density at radius 1 is 1.21 bits per heavy atom. The number of carbonyl (C=O) groups is 1. The van der Waals surface area contributed by atoms with Gasteiger partial charge in [0, 0.05) is 24.8 Å². The van der Waals surface area contributed by atoms with Crippen LogP contribution >= 0.6 is 0 Å². The topological polar surface area (TPSA) is 75.7 Å². The standard InChI is InChI=1S/C21H24N2O4S/c1-15-12-16-6-2-3-10-20(16)23(15)28(25,26)19-9-4-7-17(13-19)21(24)22-14-18-8-5-11-27-18/h2-4,6-7,9-10,13,15,18H,5,8,11-12,14H2,1H3,(H,22,24)/t15-,18+/m0/s1. The minimum Gasteiger partial charge on any atom is -0.376 e. The molecule has 4 rings (SSSR count). The molecule has 2 aromatic carbocycles. The highest BCUT2D eigenvalue weighted by atomic mass is 32.2. The van der Waals surface area contributed by atoms with Crippen molar-refractivity contribution >= 4 is 21.6 Å². The monoisotopic (exact) mass is 400 g/mol. The molecule has 1 saturated heterocycles. The van der Waals surface area contributed by atoms with Crippen LogP contribution in [0.1, 0.15) is 35.7 Å². The molecule has 0 radical (unpaired) electrons. The van der Waals surface area contributed by atoms with Crippen molar-refractivity contribution in [2.45, 2.75) is 43.2 Å². The number of nitrogens with zero attached hydrogens (tertiary/aromatic N) is 1. The highest BCUT2D eigenvalue weighted by Crippen LogP contribution is 2.36. The van der Waals surface area contributed by atoms with Crippen LogP contribution in [0, 0.1) is 0 Å². The van der Waals surface area contributed by atoms with Crippen molar-refractivity contribution in [3.05, 3.63) is 59.7 Å². The Bertz CT molecular complexity index is 983. The fraction of sp³-hybridized carbons (Fsp3) is 0.381. The van der Waals surface area contributed by atoms with Gasteiger partial charge in [-0.3, -0.25) is 9.10 Å². The number of sulfonamides is 1. The molecule has 0 saturated carbocycles. The molecule has 0 unspecified atom stereocenters. The number of fused-ring (bicyclic) bond motifs is 1. The fourth-order valence-electron chi connectivity index (χ4n) is 3.93. The molecule has 7 heteroatoms. The summed E-state index contributed by atoms with van der Waals surface area (Å²) in [5.41, 5.74) is 2.06. The van der Waals surface area contributed by atoms with Crippen LogP contribution < -0.4 is 9.62 Å². The van der Waals surface area contributed by atoms with Gasteiger partial charge in [-0.05, 0) is 56.0 Å². The van der Waals surface area contributed by atoms with Crippen LogP contribution in [0.5, 0.6) is 0 Å². The number of benzene rings is 2. The fourth-order valence-corrected chi connectivity index (χ4v) is 5.67. The van der Waals surface area contributed by atoms with Crippen LogP contribution in [0.2, 0.25) is 0 Å². The molecule has 1 fully saturated rings. The first-order valence-electron chi connectivity index (χ1n) is 9.59. The van der Waals surface area contributed by atoms with Gasteiger partial charge in [0.05, 0.1) is 16.7 Å². The first-order chi connectivity index (χ1) is 13.5. The number of rotatable bonds is 5. The lowest BCUT2D eigenvalue weighted by Crippen LogP contribution is -2.36. The van der Waals surface area contributed by atoms with Gasteiger partial charge in [-0.25, -0.2) is 8.42 Å². The third kappa shape index (κ3) is 3.52. The molecule has 6 nitrogen and oxygen atoms in total. The number of nitrogens with one attached hydrogen (secondary N) is 1. The number of para-hydroxylation sites is 1. The molecule has 2 atom stereocenters. The third-order valence-electron chi connectivity index (χ3n) is 5.31. The van der Waals surface area contributed by atoms with Crippen molar-refractivity contribution < 1.29 is 17.9 Å². The molecule has 0 bridgehead atoms. The van der Waals surface area contributed by atoms with Gasteiger partial charge in [-0.15, -0.1) is 0 Å². The van der Waals surface area contributed by atoms with E-state index in [9.17, 15) is 13.2 Å². The Hall–Kier alpha value is -2.38. The van der Waals surface area contributed by atoms with E-state index in [1.54, 1.807) is 18.2 Å². The number of amides is 1. The van der Waals surface area contributed by atoms with E-state index in [0.29, 0.717) is 24.2 Å². The van der Waals surface area contributed by atoms with Crippen molar-refractivity contribution in [2.24, 2.45) is 0 Å². The Kier molecular flexibility index (Phi) is 5.12. The minimum atomic E-state index is -3.76. The van der Waals surface area contributed by atoms with Crippen molar-refractivity contribution in [1.29, 1.82) is 0 Å². The number of anilines is 1. The van der Waals surface area contributed by atoms with Gasteiger partial charge in [-0.2, -0.15) is 0 Å². The molecule has 0 aromatic heterocycles. The summed E-state index contributed by atoms with van der Waals surface area (Å²) in [6.45, 7) is 3.06. The van der Waals surface area contributed by atoms with Crippen LogP contribution in [0.25, 0.3) is 0 Å². The van der Waals surface area contributed by atoms with Crippen LogP contribution in [0.15, 0.2) is 53.4 Å². The van der Waals surface area contributed by atoms with E-state index in [4.69, 9.17) is 4.74 Å². The van der Waals surface area contributed by atoms with E-state index in [1.165, 1.54) is 10.4 Å². The summed E-state index contributed by atoms with van der Waals surface area (Å²) in [6.07, 6.45) is 2.65. The maximum atomic E-state index is 13.3. The number of hydrogen-bond acceptors (Lipinski definition) is 4. The van der Waals surface area contributed by atoms with Gasteiger partial charge >= 0.3 is 0 Å². The van der Waals surface area contributed by atoms with E-state index in [1.807, 2.05) is 31.2 Å². The Labute approximate surface area is 165 Å². The molecule has 148 valence electrons. The predicted molar refractivity (Wildman–Crippen MR) is 107 cm³/mol. The zero-order valence-electron chi connectivity index (χ0n) is 15.8. The summed E-state index contributed by atoms with van der Waals surface area (Å²) < 4.78 is 33.6. The lowest BCUT2D eigenvalue weighted by atomic mass is 10.1. The first-order valence-corrected chi connectivity index (χ1v) is 11.0. The quantitative estimate of drug-likeness (QED) is 0.837. The van der Waals surface area contributed by atoms with Crippen LogP contribution in [-0.2, 0) is 21.2 Å². The largest absolute Gasteiger partial charge is 0.376 e. The first kappa shape index (κ1) is 19.0. The molecular formula is C21H24N2O4S. The third-order valence-corrected chi connectivity index (χ3v) is 7.24. The Balaban J connectivity index is 1.57. The zero-order chi connectivity index (χ0) is 19.7. The maximum Gasteiger partial charge on any atom is 0.264 e. The predicted octanol–water partition coefficient (Wildman–Crippen LogP) is 2.74. The van der Waals surface area contributed by atoms with Crippen molar-refractivity contribution in [3.63, 3.8) is 0 Å². The lowest BCUT2D eigenvalue weighted by molar-refractivity contribution is 0.0857. The molecule has 0 aliphatic carbocycles. The van der Waals surface area contributed by atoms with Crippen LogP contribution in [-0.4, -0.2) is 39.6 Å². The minimum absolute atomic E-state index is 0.0396. The maximum absolute atomic E-state index is 13.3. The molecule has 2 aliphatic heterocycles. The second kappa shape index (κ2) is 7.56. The molecule has 2 aromatic rings. The summed E-state index contributed by atoms with van der Waals surface area (Å²) in [7, 11) is -3.76. The van der Waals surface area contributed by atoms with Gasteiger partial charge < -0.3 is 10.1 Å². The number of hydrogen-bond donors (Lipinski definition) is 1. The molecule has 28 heavy (non-hydrogen) atoms. The lowest BCUT2D eigenvalue weighted by Gasteiger charge is -2.24. The smallest absolute Gasteiger partial charge is 0.264 e. The second-order valence-electron chi connectivity index (χ2n) is 7.36. The molecule has 1 amide bonds. The average Bonchev–Trinajstić information content (AvgIpc) is 3.32. The van der Waals surface area contributed by atoms with Crippen molar-refractivity contribution in [2.75, 3.05) is 17.5 Å². The van der Waals surface area contributed by atoms with Gasteiger partial charge in [0.1, 0.15) is 0 Å². The molecule has 2 aliphatic rings. The zero-order valence-corrected chi connectivity index (χ0v) is 16.6. The van der Waals surface area contributed by atoms with Gasteiger partial charge in [-0.1, -0.05) is 24.3 Å². The number of carbonyl (C=O) groups excluding carboxylic acids is 1. The molecule has 2 heterocycles. The van der Waals surface area contributed by atoms with Crippen molar-refractivity contribution in [3.8, 4) is 0 Å². The second-order valence-corrected chi connectivity index (χ2v) is 9.17. The Morgan fingerprint density at radius 3 is 2.82 bits per heavy atom. The SMILES string of the molecule is C[C@H]1Cc2ccccc2N1S(=O)(=O)c1cccc(C(=O)NC[C@H]2CCCO2)c1. The van der Waals surface area contributed by atoms with Gasteiger partial charge in [0.15, 0.2) is 0 Å². The summed E-state index contributed by atoms with van der Waals surface area (Å²) >= 11 is 0. The van der Waals surface area contributed by atoms with E-state index in [-0.39, 0.29) is 22.9 Å². The molecule has 1 N–H and O–H groups in total. The molecule has 0 spiro atoms. The van der Waals surface area contributed by atoms with Crippen molar-refractivity contribution in [1.82, 2.24) is 5.32 Å². The Morgan fingerprint density at radius 2 is 2.04 bits per heavy atom. The van der Waals surface area contributed by atoms with E-state index in [0.717, 1.165) is 25.0 Å². The summed E-state index contributed by atoms with van der Waals surface area (Å²) in [6, 6.07) is 13.6. The summed E-state index contributed by atoms with van der Waals surface area (Å²) in [5, 5.41) is 2.84. The van der Waals surface area contributed by atoms with Crippen LogP contribution in [0.3, 0.4) is 0 Å². The van der Waals surface area contributed by atoms with Gasteiger partial charge in [0.2, 0.25) is 0 Å². The van der Waals surface area contributed by atoms with E-state index < -0.39 is 10.0 Å². The average molecular weight is 401 g/mol. The molecular weight excluding hydrogens is 376 g/mol. The summed E-state index contributed by atoms with van der Waals surface area (Å²) in [4.78, 5) is 12.6. The highest BCUT2D eigenvalue weighted by Gasteiger charge is 2.36.